The number of amides is 1. The summed E-state index contributed by atoms with van der Waals surface area (Å²) >= 11 is 0. The van der Waals surface area contributed by atoms with Gasteiger partial charge < -0.3 is 19.5 Å². The van der Waals surface area contributed by atoms with Crippen LogP contribution >= 0.6 is 0 Å². The summed E-state index contributed by atoms with van der Waals surface area (Å²) in [6.45, 7) is -3.88. The molecule has 0 aromatic heterocycles. The van der Waals surface area contributed by atoms with Gasteiger partial charge in [0.15, 0.2) is 6.61 Å². The summed E-state index contributed by atoms with van der Waals surface area (Å²) in [5.74, 6) is -2.17. The van der Waals surface area contributed by atoms with E-state index in [-0.39, 0.29) is 27.6 Å². The minimum atomic E-state index is -4.09. The number of halogens is 2. The van der Waals surface area contributed by atoms with Crippen LogP contribution in [-0.4, -0.2) is 40.6 Å². The molecule has 3 N–H and O–H groups in total. The van der Waals surface area contributed by atoms with Crippen LogP contribution in [0.15, 0.2) is 47.4 Å². The summed E-state index contributed by atoms with van der Waals surface area (Å²) in [6.07, 6.45) is 0. The van der Waals surface area contributed by atoms with Crippen LogP contribution in [0.25, 0.3) is 0 Å². The van der Waals surface area contributed by atoms with Gasteiger partial charge in [-0.25, -0.2) is 18.4 Å². The summed E-state index contributed by atoms with van der Waals surface area (Å²) in [5, 5.41) is 7.29. The van der Waals surface area contributed by atoms with Crippen molar-refractivity contribution in [3.05, 3.63) is 48.0 Å². The number of ether oxygens (including phenoxy) is 3. The van der Waals surface area contributed by atoms with Crippen LogP contribution in [0.5, 0.6) is 11.5 Å². The molecule has 0 heterocycles. The molecule has 156 valence electrons. The number of sulfonamides is 1. The lowest BCUT2D eigenvalue weighted by Crippen LogP contribution is -2.22. The quantitative estimate of drug-likeness (QED) is 0.609. The Labute approximate surface area is 164 Å². The number of carbonyl (C=O) groups excluding carboxylic acids is 2. The van der Waals surface area contributed by atoms with Crippen LogP contribution in [0.4, 0.5) is 14.5 Å². The number of alkyl halides is 2. The van der Waals surface area contributed by atoms with E-state index < -0.39 is 35.1 Å². The van der Waals surface area contributed by atoms with Crippen LogP contribution < -0.4 is 19.9 Å². The topological polar surface area (TPSA) is 134 Å². The van der Waals surface area contributed by atoms with Crippen LogP contribution in [0.2, 0.25) is 0 Å². The Kier molecular flexibility index (Phi) is 7.07. The second-order valence-electron chi connectivity index (χ2n) is 5.41. The number of anilines is 1. The lowest BCUT2D eigenvalue weighted by Gasteiger charge is -2.12. The SMILES string of the molecule is COc1ccc(S(N)(=O)=O)cc1C(=O)OCC(=O)Nc1ccccc1OC(F)F. The van der Waals surface area contributed by atoms with Crippen molar-refractivity contribution in [2.45, 2.75) is 11.5 Å². The van der Waals surface area contributed by atoms with E-state index in [4.69, 9.17) is 14.6 Å². The minimum Gasteiger partial charge on any atom is -0.496 e. The van der Waals surface area contributed by atoms with Gasteiger partial charge in [0, 0.05) is 0 Å². The Morgan fingerprint density at radius 3 is 2.45 bits per heavy atom. The average molecular weight is 430 g/mol. The first-order valence-electron chi connectivity index (χ1n) is 7.83. The van der Waals surface area contributed by atoms with Gasteiger partial charge in [0.2, 0.25) is 10.0 Å². The molecule has 0 saturated heterocycles. The first-order valence-corrected chi connectivity index (χ1v) is 9.38. The predicted octanol–water partition coefficient (Wildman–Crippen LogP) is 1.74. The van der Waals surface area contributed by atoms with Crippen molar-refractivity contribution in [1.29, 1.82) is 0 Å². The van der Waals surface area contributed by atoms with Gasteiger partial charge in [0.1, 0.15) is 17.1 Å². The number of esters is 1. The summed E-state index contributed by atoms with van der Waals surface area (Å²) < 4.78 is 61.8. The van der Waals surface area contributed by atoms with Gasteiger partial charge in [-0.3, -0.25) is 4.79 Å². The number of nitrogens with two attached hydrogens (primary N) is 1. The van der Waals surface area contributed by atoms with Crippen molar-refractivity contribution in [2.24, 2.45) is 5.14 Å². The summed E-state index contributed by atoms with van der Waals surface area (Å²) in [6, 6.07) is 8.72. The Bertz CT molecular complexity index is 1010. The molecule has 2 rings (SSSR count). The number of rotatable bonds is 8. The molecule has 0 radical (unpaired) electrons. The number of carbonyl (C=O) groups is 2. The summed E-state index contributed by atoms with van der Waals surface area (Å²) in [4.78, 5) is 23.9. The third-order valence-corrected chi connectivity index (χ3v) is 4.34. The highest BCUT2D eigenvalue weighted by molar-refractivity contribution is 7.89. The van der Waals surface area contributed by atoms with Crippen LogP contribution in [-0.2, 0) is 19.6 Å². The third kappa shape index (κ3) is 6.12. The van der Waals surface area contributed by atoms with Crippen molar-refractivity contribution in [3.63, 3.8) is 0 Å². The van der Waals surface area contributed by atoms with Crippen molar-refractivity contribution < 1.29 is 41.0 Å². The molecule has 0 atom stereocenters. The number of primary sulfonamides is 1. The Morgan fingerprint density at radius 1 is 1.14 bits per heavy atom. The molecule has 0 aliphatic carbocycles. The molecule has 29 heavy (non-hydrogen) atoms. The third-order valence-electron chi connectivity index (χ3n) is 3.43. The first kappa shape index (κ1) is 22.0. The van der Waals surface area contributed by atoms with Crippen molar-refractivity contribution in [2.75, 3.05) is 19.0 Å². The molecule has 1 amide bonds. The Hall–Kier alpha value is -3.25. The second-order valence-corrected chi connectivity index (χ2v) is 6.97. The number of hydrogen-bond donors (Lipinski definition) is 2. The highest BCUT2D eigenvalue weighted by Crippen LogP contribution is 2.26. The molecule has 9 nitrogen and oxygen atoms in total. The fourth-order valence-electron chi connectivity index (χ4n) is 2.19. The number of methoxy groups -OCH3 is 1. The lowest BCUT2D eigenvalue weighted by atomic mass is 10.2. The monoisotopic (exact) mass is 430 g/mol. The van der Waals surface area contributed by atoms with E-state index in [1.807, 2.05) is 0 Å². The first-order chi connectivity index (χ1) is 13.6. The normalized spacial score (nSPS) is 11.1. The van der Waals surface area contributed by atoms with Gasteiger partial charge in [-0.15, -0.1) is 0 Å². The fraction of sp³-hybridized carbons (Fsp3) is 0.176. The zero-order valence-corrected chi connectivity index (χ0v) is 15.7. The molecule has 0 spiro atoms. The minimum absolute atomic E-state index is 0.00140. The Morgan fingerprint density at radius 2 is 1.83 bits per heavy atom. The molecule has 2 aromatic carbocycles. The molecule has 0 aliphatic rings. The van der Waals surface area contributed by atoms with Crippen LogP contribution in [0, 0.1) is 0 Å². The smallest absolute Gasteiger partial charge is 0.387 e. The van der Waals surface area contributed by atoms with Crippen molar-refractivity contribution in [1.82, 2.24) is 0 Å². The molecular formula is C17H16F2N2O7S. The average Bonchev–Trinajstić information content (AvgIpc) is 2.66. The molecule has 0 fully saturated rings. The predicted molar refractivity (Wildman–Crippen MR) is 96.4 cm³/mol. The summed E-state index contributed by atoms with van der Waals surface area (Å²) in [5.41, 5.74) is -0.323. The van der Waals surface area contributed by atoms with Crippen LogP contribution in [0.1, 0.15) is 10.4 Å². The molecule has 2 aromatic rings. The highest BCUT2D eigenvalue weighted by atomic mass is 32.2. The van der Waals surface area contributed by atoms with E-state index in [1.165, 1.54) is 37.4 Å². The number of para-hydroxylation sites is 2. The standard InChI is InChI=1S/C17H16F2N2O7S/c1-26-13-7-6-10(29(20,24)25)8-11(13)16(23)27-9-15(22)21-12-4-2-3-5-14(12)28-17(18)19/h2-8,17H,9H2,1H3,(H,21,22)(H2,20,24,25). The van der Waals surface area contributed by atoms with Gasteiger partial charge >= 0.3 is 12.6 Å². The zero-order chi connectivity index (χ0) is 21.6. The van der Waals surface area contributed by atoms with Gasteiger partial charge in [-0.1, -0.05) is 12.1 Å². The lowest BCUT2D eigenvalue weighted by molar-refractivity contribution is -0.119. The highest BCUT2D eigenvalue weighted by Gasteiger charge is 2.20. The molecule has 0 bridgehead atoms. The van der Waals surface area contributed by atoms with Gasteiger partial charge in [-0.05, 0) is 30.3 Å². The number of nitrogens with one attached hydrogen (secondary N) is 1. The molecule has 0 unspecified atom stereocenters. The van der Waals surface area contributed by atoms with E-state index in [2.05, 4.69) is 10.1 Å². The fourth-order valence-corrected chi connectivity index (χ4v) is 2.73. The molecule has 0 saturated carbocycles. The Balaban J connectivity index is 2.09. The molecule has 12 heteroatoms. The van der Waals surface area contributed by atoms with Gasteiger partial charge in [0.05, 0.1) is 17.7 Å². The number of benzene rings is 2. The van der Waals surface area contributed by atoms with Crippen molar-refractivity contribution in [3.8, 4) is 11.5 Å². The largest absolute Gasteiger partial charge is 0.496 e. The van der Waals surface area contributed by atoms with Gasteiger partial charge in [-0.2, -0.15) is 8.78 Å². The number of hydrogen-bond acceptors (Lipinski definition) is 7. The zero-order valence-electron chi connectivity index (χ0n) is 14.9. The van der Waals surface area contributed by atoms with Gasteiger partial charge in [0.25, 0.3) is 5.91 Å². The summed E-state index contributed by atoms with van der Waals surface area (Å²) in [7, 11) is -2.84. The van der Waals surface area contributed by atoms with E-state index >= 15 is 0 Å². The van der Waals surface area contributed by atoms with Crippen molar-refractivity contribution >= 4 is 27.6 Å². The maximum absolute atomic E-state index is 12.4. The van der Waals surface area contributed by atoms with Crippen LogP contribution in [0.3, 0.4) is 0 Å². The second kappa shape index (κ2) is 9.30. The van der Waals surface area contributed by atoms with E-state index in [0.717, 1.165) is 12.1 Å². The maximum atomic E-state index is 12.4. The van der Waals surface area contributed by atoms with E-state index in [9.17, 15) is 26.8 Å². The van der Waals surface area contributed by atoms with E-state index in [1.54, 1.807) is 0 Å². The molecular weight excluding hydrogens is 414 g/mol. The maximum Gasteiger partial charge on any atom is 0.387 e. The van der Waals surface area contributed by atoms with E-state index in [0.29, 0.717) is 0 Å². The molecule has 0 aliphatic heterocycles.